The van der Waals surface area contributed by atoms with Crippen LogP contribution in [0.1, 0.15) is 19.8 Å². The van der Waals surface area contributed by atoms with Crippen molar-refractivity contribution in [3.63, 3.8) is 0 Å². The molecule has 2 N–H and O–H groups in total. The Morgan fingerprint density at radius 1 is 1.35 bits per heavy atom. The van der Waals surface area contributed by atoms with E-state index in [0.29, 0.717) is 38.2 Å². The van der Waals surface area contributed by atoms with E-state index >= 15 is 0 Å². The Kier molecular flexibility index (Phi) is 6.19. The SMILES string of the molecule is CCOC(=O)N1CCC(NC(=O)CNc2cccc(F)c2)CC1. The van der Waals surface area contributed by atoms with E-state index in [2.05, 4.69) is 10.6 Å². The highest BCUT2D eigenvalue weighted by molar-refractivity contribution is 5.81. The average molecular weight is 323 g/mol. The fraction of sp³-hybridized carbons (Fsp3) is 0.500. The van der Waals surface area contributed by atoms with Crippen LogP contribution >= 0.6 is 0 Å². The van der Waals surface area contributed by atoms with E-state index in [1.165, 1.54) is 12.1 Å². The van der Waals surface area contributed by atoms with Crippen molar-refractivity contribution in [3.05, 3.63) is 30.1 Å². The molecule has 23 heavy (non-hydrogen) atoms. The molecule has 1 saturated heterocycles. The summed E-state index contributed by atoms with van der Waals surface area (Å²) < 4.78 is 18.0. The van der Waals surface area contributed by atoms with E-state index < -0.39 is 0 Å². The number of rotatable bonds is 5. The molecule has 1 aromatic rings. The van der Waals surface area contributed by atoms with Crippen LogP contribution in [0.25, 0.3) is 0 Å². The van der Waals surface area contributed by atoms with Gasteiger partial charge in [0.05, 0.1) is 13.2 Å². The maximum Gasteiger partial charge on any atom is 0.409 e. The second-order valence-electron chi connectivity index (χ2n) is 5.39. The molecular formula is C16H22FN3O3. The van der Waals surface area contributed by atoms with Crippen molar-refractivity contribution in [3.8, 4) is 0 Å². The molecule has 1 heterocycles. The number of nitrogens with zero attached hydrogens (tertiary/aromatic N) is 1. The molecule has 0 unspecified atom stereocenters. The van der Waals surface area contributed by atoms with Gasteiger partial charge in [-0.1, -0.05) is 6.07 Å². The molecule has 2 amide bonds. The van der Waals surface area contributed by atoms with Gasteiger partial charge in [0, 0.05) is 24.8 Å². The monoisotopic (exact) mass is 323 g/mol. The van der Waals surface area contributed by atoms with Crippen LogP contribution in [0.4, 0.5) is 14.9 Å². The van der Waals surface area contributed by atoms with Crippen molar-refractivity contribution in [1.82, 2.24) is 10.2 Å². The molecule has 1 fully saturated rings. The van der Waals surface area contributed by atoms with Gasteiger partial charge in [-0.3, -0.25) is 4.79 Å². The smallest absolute Gasteiger partial charge is 0.409 e. The number of likely N-dealkylation sites (tertiary alicyclic amines) is 1. The Balaban J connectivity index is 1.69. The predicted octanol–water partition coefficient (Wildman–Crippen LogP) is 1.97. The fourth-order valence-electron chi connectivity index (χ4n) is 2.48. The lowest BCUT2D eigenvalue weighted by Crippen LogP contribution is -2.47. The molecule has 7 heteroatoms. The van der Waals surface area contributed by atoms with Gasteiger partial charge in [0.2, 0.25) is 5.91 Å². The second kappa shape index (κ2) is 8.36. The van der Waals surface area contributed by atoms with Crippen molar-refractivity contribution in [1.29, 1.82) is 0 Å². The van der Waals surface area contributed by atoms with Crippen LogP contribution in [0.15, 0.2) is 24.3 Å². The van der Waals surface area contributed by atoms with Crippen molar-refractivity contribution < 1.29 is 18.7 Å². The van der Waals surface area contributed by atoms with E-state index in [9.17, 15) is 14.0 Å². The predicted molar refractivity (Wildman–Crippen MR) is 84.6 cm³/mol. The topological polar surface area (TPSA) is 70.7 Å². The molecule has 2 rings (SSSR count). The first-order valence-corrected chi connectivity index (χ1v) is 7.79. The third-order valence-corrected chi connectivity index (χ3v) is 3.66. The van der Waals surface area contributed by atoms with E-state index in [4.69, 9.17) is 4.74 Å². The third-order valence-electron chi connectivity index (χ3n) is 3.66. The van der Waals surface area contributed by atoms with E-state index in [-0.39, 0.29) is 30.4 Å². The van der Waals surface area contributed by atoms with Crippen LogP contribution in [-0.4, -0.2) is 49.2 Å². The zero-order valence-corrected chi connectivity index (χ0v) is 13.2. The molecule has 0 aromatic heterocycles. The molecule has 0 bridgehead atoms. The highest BCUT2D eigenvalue weighted by atomic mass is 19.1. The largest absolute Gasteiger partial charge is 0.450 e. The Hall–Kier alpha value is -2.31. The number of ether oxygens (including phenoxy) is 1. The van der Waals surface area contributed by atoms with E-state index in [0.717, 1.165) is 0 Å². The maximum absolute atomic E-state index is 13.0. The summed E-state index contributed by atoms with van der Waals surface area (Å²) in [5, 5.41) is 5.80. The number of piperidine rings is 1. The summed E-state index contributed by atoms with van der Waals surface area (Å²) in [4.78, 5) is 25.2. The molecule has 126 valence electrons. The number of anilines is 1. The summed E-state index contributed by atoms with van der Waals surface area (Å²) in [6.45, 7) is 3.36. The van der Waals surface area contributed by atoms with Crippen LogP contribution in [0.5, 0.6) is 0 Å². The number of nitrogens with one attached hydrogen (secondary N) is 2. The molecule has 1 aromatic carbocycles. The quantitative estimate of drug-likeness (QED) is 0.869. The van der Waals surface area contributed by atoms with Crippen LogP contribution in [0.2, 0.25) is 0 Å². The van der Waals surface area contributed by atoms with Gasteiger partial charge in [0.15, 0.2) is 0 Å². The normalized spacial score (nSPS) is 15.1. The molecule has 1 aliphatic heterocycles. The molecule has 1 aliphatic rings. The molecular weight excluding hydrogens is 301 g/mol. The maximum atomic E-state index is 13.0. The minimum atomic E-state index is -0.346. The molecule has 6 nitrogen and oxygen atoms in total. The van der Waals surface area contributed by atoms with Crippen molar-refractivity contribution in [2.75, 3.05) is 31.6 Å². The lowest BCUT2D eigenvalue weighted by molar-refractivity contribution is -0.120. The zero-order chi connectivity index (χ0) is 16.7. The molecule has 0 aliphatic carbocycles. The van der Waals surface area contributed by atoms with Crippen molar-refractivity contribution in [2.45, 2.75) is 25.8 Å². The number of hydrogen-bond acceptors (Lipinski definition) is 4. The van der Waals surface area contributed by atoms with Gasteiger partial charge < -0.3 is 20.3 Å². The molecule has 0 atom stereocenters. The number of carbonyl (C=O) groups excluding carboxylic acids is 2. The van der Waals surface area contributed by atoms with Gasteiger partial charge in [0.1, 0.15) is 5.82 Å². The van der Waals surface area contributed by atoms with Gasteiger partial charge in [-0.25, -0.2) is 9.18 Å². The third kappa shape index (κ3) is 5.43. The van der Waals surface area contributed by atoms with Gasteiger partial charge in [0.25, 0.3) is 0 Å². The number of benzene rings is 1. The summed E-state index contributed by atoms with van der Waals surface area (Å²) in [6, 6.07) is 6.02. The molecule has 0 spiro atoms. The van der Waals surface area contributed by atoms with E-state index in [1.807, 2.05) is 0 Å². The van der Waals surface area contributed by atoms with Crippen LogP contribution < -0.4 is 10.6 Å². The van der Waals surface area contributed by atoms with Crippen LogP contribution in [-0.2, 0) is 9.53 Å². The van der Waals surface area contributed by atoms with E-state index in [1.54, 1.807) is 24.0 Å². The minimum absolute atomic E-state index is 0.0440. The van der Waals surface area contributed by atoms with Crippen LogP contribution in [0, 0.1) is 5.82 Å². The average Bonchev–Trinajstić information content (AvgIpc) is 2.54. The summed E-state index contributed by atoms with van der Waals surface area (Å²) in [7, 11) is 0. The van der Waals surface area contributed by atoms with Gasteiger partial charge in [-0.15, -0.1) is 0 Å². The first-order valence-electron chi connectivity index (χ1n) is 7.79. The highest BCUT2D eigenvalue weighted by Crippen LogP contribution is 2.12. The number of amides is 2. The first-order chi connectivity index (χ1) is 11.1. The fourth-order valence-corrected chi connectivity index (χ4v) is 2.48. The number of carbonyl (C=O) groups is 2. The highest BCUT2D eigenvalue weighted by Gasteiger charge is 2.24. The molecule has 0 radical (unpaired) electrons. The van der Waals surface area contributed by atoms with Gasteiger partial charge in [-0.2, -0.15) is 0 Å². The molecule has 0 saturated carbocycles. The lowest BCUT2D eigenvalue weighted by atomic mass is 10.1. The minimum Gasteiger partial charge on any atom is -0.450 e. The zero-order valence-electron chi connectivity index (χ0n) is 13.2. The Morgan fingerprint density at radius 2 is 2.09 bits per heavy atom. The van der Waals surface area contributed by atoms with Gasteiger partial charge >= 0.3 is 6.09 Å². The Labute approximate surface area is 135 Å². The second-order valence-corrected chi connectivity index (χ2v) is 5.39. The lowest BCUT2D eigenvalue weighted by Gasteiger charge is -2.31. The summed E-state index contributed by atoms with van der Waals surface area (Å²) >= 11 is 0. The summed E-state index contributed by atoms with van der Waals surface area (Å²) in [6.07, 6.45) is 1.10. The van der Waals surface area contributed by atoms with Crippen molar-refractivity contribution in [2.24, 2.45) is 0 Å². The van der Waals surface area contributed by atoms with Crippen LogP contribution in [0.3, 0.4) is 0 Å². The van der Waals surface area contributed by atoms with Crippen molar-refractivity contribution >= 4 is 17.7 Å². The number of halogens is 1. The summed E-state index contributed by atoms with van der Waals surface area (Å²) in [5.74, 6) is -0.495. The first kappa shape index (κ1) is 17.1. The van der Waals surface area contributed by atoms with Gasteiger partial charge in [-0.05, 0) is 38.0 Å². The standard InChI is InChI=1S/C16H22FN3O3/c1-2-23-16(22)20-8-6-13(7-9-20)19-15(21)11-18-14-5-3-4-12(17)10-14/h3-5,10,13,18H,2,6-9,11H2,1H3,(H,19,21). The summed E-state index contributed by atoms with van der Waals surface area (Å²) in [5.41, 5.74) is 0.567. The number of hydrogen-bond donors (Lipinski definition) is 2. The Morgan fingerprint density at radius 3 is 2.74 bits per heavy atom. The Bertz CT molecular complexity index is 545.